The molecule has 0 aliphatic heterocycles. The first-order valence-electron chi connectivity index (χ1n) is 5.72. The Morgan fingerprint density at radius 2 is 2.05 bits per heavy atom. The van der Waals surface area contributed by atoms with Gasteiger partial charge in [0.1, 0.15) is 24.5 Å². The van der Waals surface area contributed by atoms with Gasteiger partial charge in [-0.15, -0.1) is 0 Å². The van der Waals surface area contributed by atoms with Crippen molar-refractivity contribution in [2.75, 3.05) is 0 Å². The molecule has 0 saturated heterocycles. The highest BCUT2D eigenvalue weighted by Gasteiger charge is 2.05. The molecule has 0 saturated carbocycles. The van der Waals surface area contributed by atoms with E-state index in [0.29, 0.717) is 15.8 Å². The molecule has 0 bridgehead atoms. The van der Waals surface area contributed by atoms with Crippen molar-refractivity contribution in [3.05, 3.63) is 63.4 Å². The number of aldehydes is 1. The summed E-state index contributed by atoms with van der Waals surface area (Å²) in [5, 5.41) is 0. The molecule has 0 aromatic heterocycles. The predicted octanol–water partition coefficient (Wildman–Crippen LogP) is 4.29. The smallest absolute Gasteiger partial charge is 0.150 e. The summed E-state index contributed by atoms with van der Waals surface area (Å²) in [4.78, 5) is 10.6. The van der Waals surface area contributed by atoms with E-state index in [0.717, 1.165) is 17.4 Å². The van der Waals surface area contributed by atoms with Crippen LogP contribution in [-0.2, 0) is 6.61 Å². The lowest BCUT2D eigenvalue weighted by molar-refractivity contribution is 0.112. The molecule has 0 aliphatic rings. The molecule has 0 atom stereocenters. The summed E-state index contributed by atoms with van der Waals surface area (Å²) in [5.74, 6) is 0.342. The van der Waals surface area contributed by atoms with Crippen LogP contribution in [0.15, 0.2) is 40.9 Å². The first-order valence-corrected chi connectivity index (χ1v) is 6.52. The predicted molar refractivity (Wildman–Crippen MR) is 75.0 cm³/mol. The minimum absolute atomic E-state index is 0.278. The minimum atomic E-state index is -0.278. The Morgan fingerprint density at radius 1 is 1.26 bits per heavy atom. The maximum atomic E-state index is 13.1. The zero-order chi connectivity index (χ0) is 13.8. The molecular weight excluding hydrogens is 311 g/mol. The van der Waals surface area contributed by atoms with Crippen LogP contribution in [0.1, 0.15) is 21.5 Å². The number of carbonyl (C=O) groups is 1. The third-order valence-electron chi connectivity index (χ3n) is 2.79. The van der Waals surface area contributed by atoms with Crippen molar-refractivity contribution in [1.29, 1.82) is 0 Å². The third kappa shape index (κ3) is 3.41. The molecule has 0 unspecified atom stereocenters. The highest BCUT2D eigenvalue weighted by atomic mass is 79.9. The molecule has 0 spiro atoms. The topological polar surface area (TPSA) is 26.3 Å². The molecule has 0 amide bonds. The van der Waals surface area contributed by atoms with Crippen LogP contribution >= 0.6 is 15.9 Å². The van der Waals surface area contributed by atoms with Crippen LogP contribution in [0.5, 0.6) is 5.75 Å². The normalized spacial score (nSPS) is 10.3. The molecule has 2 nitrogen and oxygen atoms in total. The number of halogens is 2. The molecule has 2 aromatic carbocycles. The second-order valence-electron chi connectivity index (χ2n) is 4.17. The maximum absolute atomic E-state index is 13.1. The van der Waals surface area contributed by atoms with Crippen molar-refractivity contribution in [2.24, 2.45) is 0 Å². The van der Waals surface area contributed by atoms with E-state index in [4.69, 9.17) is 4.74 Å². The van der Waals surface area contributed by atoms with E-state index in [1.165, 1.54) is 12.1 Å². The highest BCUT2D eigenvalue weighted by molar-refractivity contribution is 9.10. The Labute approximate surface area is 119 Å². The fraction of sp³-hybridized carbons (Fsp3) is 0.133. The van der Waals surface area contributed by atoms with Crippen LogP contribution in [0, 0.1) is 12.7 Å². The first-order chi connectivity index (χ1) is 9.10. The number of hydrogen-bond donors (Lipinski definition) is 0. The summed E-state index contributed by atoms with van der Waals surface area (Å²) in [6.07, 6.45) is 0.769. The van der Waals surface area contributed by atoms with Gasteiger partial charge in [-0.2, -0.15) is 0 Å². The minimum Gasteiger partial charge on any atom is -0.488 e. The zero-order valence-electron chi connectivity index (χ0n) is 10.3. The van der Waals surface area contributed by atoms with Gasteiger partial charge in [0.15, 0.2) is 0 Å². The van der Waals surface area contributed by atoms with Crippen LogP contribution in [-0.4, -0.2) is 6.29 Å². The number of aryl methyl sites for hydroxylation is 1. The number of ether oxygens (including phenoxy) is 1. The molecule has 0 heterocycles. The van der Waals surface area contributed by atoms with E-state index in [9.17, 15) is 9.18 Å². The fourth-order valence-electron chi connectivity index (χ4n) is 1.66. The van der Waals surface area contributed by atoms with Crippen molar-refractivity contribution in [2.45, 2.75) is 13.5 Å². The summed E-state index contributed by atoms with van der Waals surface area (Å²) >= 11 is 3.34. The fourth-order valence-corrected chi connectivity index (χ4v) is 2.17. The Hall–Kier alpha value is -1.68. The molecule has 0 aliphatic carbocycles. The number of benzene rings is 2. The Balaban J connectivity index is 2.14. The van der Waals surface area contributed by atoms with Gasteiger partial charge >= 0.3 is 0 Å². The van der Waals surface area contributed by atoms with Crippen molar-refractivity contribution < 1.29 is 13.9 Å². The second kappa shape index (κ2) is 5.97. The van der Waals surface area contributed by atoms with Crippen molar-refractivity contribution in [1.82, 2.24) is 0 Å². The highest BCUT2D eigenvalue weighted by Crippen LogP contribution is 2.26. The molecule has 0 radical (unpaired) electrons. The molecule has 2 rings (SSSR count). The SMILES string of the molecule is Cc1ccc(F)cc1COc1ccc(C=O)cc1Br. The Bertz CT molecular complexity index is 611. The molecule has 2 aromatic rings. The number of rotatable bonds is 4. The molecule has 0 N–H and O–H groups in total. The monoisotopic (exact) mass is 322 g/mol. The third-order valence-corrected chi connectivity index (χ3v) is 3.41. The summed E-state index contributed by atoms with van der Waals surface area (Å²) in [7, 11) is 0. The second-order valence-corrected chi connectivity index (χ2v) is 5.02. The largest absolute Gasteiger partial charge is 0.488 e. The molecule has 98 valence electrons. The summed E-state index contributed by atoms with van der Waals surface area (Å²) in [6.45, 7) is 2.19. The van der Waals surface area contributed by atoms with E-state index >= 15 is 0 Å². The van der Waals surface area contributed by atoms with Gasteiger partial charge in [-0.1, -0.05) is 6.07 Å². The van der Waals surface area contributed by atoms with Crippen molar-refractivity contribution in [3.63, 3.8) is 0 Å². The molecule has 4 heteroatoms. The average Bonchev–Trinajstić information content (AvgIpc) is 2.40. The standard InChI is InChI=1S/C15H12BrFO2/c1-10-2-4-13(17)7-12(10)9-19-15-5-3-11(8-18)6-14(15)16/h2-8H,9H2,1H3. The number of hydrogen-bond acceptors (Lipinski definition) is 2. The average molecular weight is 323 g/mol. The lowest BCUT2D eigenvalue weighted by Gasteiger charge is -2.10. The summed E-state index contributed by atoms with van der Waals surface area (Å²) in [5.41, 5.74) is 2.34. The van der Waals surface area contributed by atoms with Crippen molar-refractivity contribution >= 4 is 22.2 Å². The summed E-state index contributed by atoms with van der Waals surface area (Å²) in [6, 6.07) is 9.67. The van der Waals surface area contributed by atoms with Gasteiger partial charge in [0.05, 0.1) is 4.47 Å². The first kappa shape index (κ1) is 13.7. The molecule has 0 fully saturated rings. The molecule has 19 heavy (non-hydrogen) atoms. The van der Waals surface area contributed by atoms with Gasteiger partial charge in [0.25, 0.3) is 0 Å². The van der Waals surface area contributed by atoms with Crippen LogP contribution in [0.3, 0.4) is 0 Å². The van der Waals surface area contributed by atoms with Crippen LogP contribution in [0.4, 0.5) is 4.39 Å². The van der Waals surface area contributed by atoms with Crippen molar-refractivity contribution in [3.8, 4) is 5.75 Å². The lowest BCUT2D eigenvalue weighted by Crippen LogP contribution is -1.99. The van der Waals surface area contributed by atoms with Gasteiger partial charge in [-0.25, -0.2) is 4.39 Å². The van der Waals surface area contributed by atoms with Gasteiger partial charge in [-0.3, -0.25) is 4.79 Å². The number of carbonyl (C=O) groups excluding carboxylic acids is 1. The lowest BCUT2D eigenvalue weighted by atomic mass is 10.1. The van der Waals surface area contributed by atoms with E-state index in [2.05, 4.69) is 15.9 Å². The van der Waals surface area contributed by atoms with E-state index in [-0.39, 0.29) is 12.4 Å². The quantitative estimate of drug-likeness (QED) is 0.785. The maximum Gasteiger partial charge on any atom is 0.150 e. The molecular formula is C15H12BrFO2. The van der Waals surface area contributed by atoms with Gasteiger partial charge in [0.2, 0.25) is 0 Å². The zero-order valence-corrected chi connectivity index (χ0v) is 11.9. The van der Waals surface area contributed by atoms with E-state index < -0.39 is 0 Å². The van der Waals surface area contributed by atoms with Gasteiger partial charge < -0.3 is 4.74 Å². The van der Waals surface area contributed by atoms with Crippen LogP contribution in [0.25, 0.3) is 0 Å². The van der Waals surface area contributed by atoms with Crippen LogP contribution < -0.4 is 4.74 Å². The Kier molecular flexibility index (Phi) is 4.32. The van der Waals surface area contributed by atoms with E-state index in [1.807, 2.05) is 6.92 Å². The van der Waals surface area contributed by atoms with Gasteiger partial charge in [0, 0.05) is 5.56 Å². The van der Waals surface area contributed by atoms with Gasteiger partial charge in [-0.05, 0) is 64.3 Å². The Morgan fingerprint density at radius 3 is 2.74 bits per heavy atom. The van der Waals surface area contributed by atoms with Crippen LogP contribution in [0.2, 0.25) is 0 Å². The van der Waals surface area contributed by atoms with E-state index in [1.54, 1.807) is 24.3 Å². The summed E-state index contributed by atoms with van der Waals surface area (Å²) < 4.78 is 19.5.